The van der Waals surface area contributed by atoms with Gasteiger partial charge in [0.1, 0.15) is 0 Å². The van der Waals surface area contributed by atoms with Crippen molar-refractivity contribution < 1.29 is 9.53 Å². The summed E-state index contributed by atoms with van der Waals surface area (Å²) in [6, 6.07) is 7.29. The van der Waals surface area contributed by atoms with Crippen LogP contribution in [0.2, 0.25) is 0 Å². The second kappa shape index (κ2) is 7.29. The van der Waals surface area contributed by atoms with E-state index in [0.717, 1.165) is 6.42 Å². The first-order chi connectivity index (χ1) is 8.54. The highest BCUT2D eigenvalue weighted by molar-refractivity contribution is 6.00. The van der Waals surface area contributed by atoms with Crippen LogP contribution in [-0.4, -0.2) is 25.5 Å². The molecule has 2 N–H and O–H groups in total. The van der Waals surface area contributed by atoms with E-state index < -0.39 is 6.04 Å². The molecule has 0 bridgehead atoms. The molecule has 0 fully saturated rings. The predicted molar refractivity (Wildman–Crippen MR) is 73.8 cm³/mol. The Morgan fingerprint density at radius 1 is 1.39 bits per heavy atom. The minimum absolute atomic E-state index is 0.00217. The lowest BCUT2D eigenvalue weighted by atomic mass is 9.97. The van der Waals surface area contributed by atoms with Crippen molar-refractivity contribution in [2.75, 3.05) is 13.7 Å². The smallest absolute Gasteiger partial charge is 0.179 e. The second-order valence-electron chi connectivity index (χ2n) is 5.05. The molecular weight excluding hydrogens is 226 g/mol. The average Bonchev–Trinajstić information content (AvgIpc) is 2.34. The van der Waals surface area contributed by atoms with Crippen LogP contribution >= 0.6 is 0 Å². The molecule has 0 spiro atoms. The second-order valence-corrected chi connectivity index (χ2v) is 5.05. The number of benzene rings is 1. The zero-order valence-electron chi connectivity index (χ0n) is 11.5. The summed E-state index contributed by atoms with van der Waals surface area (Å²) in [6.45, 7) is 4.84. The molecule has 3 heteroatoms. The Bertz CT molecular complexity index is 388. The van der Waals surface area contributed by atoms with Gasteiger partial charge in [-0.1, -0.05) is 32.0 Å². The number of hydrogen-bond donors (Lipinski definition) is 1. The van der Waals surface area contributed by atoms with Crippen LogP contribution in [0.3, 0.4) is 0 Å². The number of hydrogen-bond acceptors (Lipinski definition) is 3. The quantitative estimate of drug-likeness (QED) is 0.755. The van der Waals surface area contributed by atoms with Gasteiger partial charge in [-0.2, -0.15) is 0 Å². The molecule has 0 saturated carbocycles. The van der Waals surface area contributed by atoms with Gasteiger partial charge in [0, 0.05) is 19.3 Å². The largest absolute Gasteiger partial charge is 0.385 e. The molecule has 18 heavy (non-hydrogen) atoms. The fourth-order valence-electron chi connectivity index (χ4n) is 1.91. The van der Waals surface area contributed by atoms with Gasteiger partial charge in [-0.25, -0.2) is 0 Å². The summed E-state index contributed by atoms with van der Waals surface area (Å²) in [5, 5.41) is 0. The zero-order valence-corrected chi connectivity index (χ0v) is 11.5. The first-order valence-electron chi connectivity index (χ1n) is 6.42. The lowest BCUT2D eigenvalue weighted by molar-refractivity contribution is 0.0935. The van der Waals surface area contributed by atoms with Crippen molar-refractivity contribution in [1.82, 2.24) is 0 Å². The van der Waals surface area contributed by atoms with Crippen LogP contribution in [0.1, 0.15) is 36.2 Å². The van der Waals surface area contributed by atoms with E-state index in [4.69, 9.17) is 10.5 Å². The normalized spacial score (nSPS) is 12.7. The van der Waals surface area contributed by atoms with E-state index in [2.05, 4.69) is 19.9 Å². The van der Waals surface area contributed by atoms with E-state index in [0.29, 0.717) is 24.5 Å². The Balaban J connectivity index is 2.73. The molecule has 1 unspecified atom stereocenters. The molecule has 0 radical (unpaired) electrons. The summed E-state index contributed by atoms with van der Waals surface area (Å²) in [5.74, 6) is 0.579. The maximum atomic E-state index is 12.1. The Morgan fingerprint density at radius 3 is 2.72 bits per heavy atom. The third kappa shape index (κ3) is 4.59. The van der Waals surface area contributed by atoms with Crippen molar-refractivity contribution in [1.29, 1.82) is 0 Å². The summed E-state index contributed by atoms with van der Waals surface area (Å²) in [6.07, 6.45) is 1.54. The zero-order chi connectivity index (χ0) is 13.5. The van der Waals surface area contributed by atoms with Gasteiger partial charge < -0.3 is 10.5 Å². The van der Waals surface area contributed by atoms with E-state index in [1.807, 2.05) is 18.2 Å². The lowest BCUT2D eigenvalue weighted by Gasteiger charge is -2.11. The Labute approximate surface area is 109 Å². The van der Waals surface area contributed by atoms with Gasteiger partial charge in [0.05, 0.1) is 6.04 Å². The van der Waals surface area contributed by atoms with Crippen LogP contribution in [0.15, 0.2) is 24.3 Å². The van der Waals surface area contributed by atoms with Crippen molar-refractivity contribution in [2.24, 2.45) is 11.7 Å². The molecule has 0 heterocycles. The van der Waals surface area contributed by atoms with Gasteiger partial charge in [0.2, 0.25) is 0 Å². The van der Waals surface area contributed by atoms with Crippen molar-refractivity contribution in [3.63, 3.8) is 0 Å². The van der Waals surface area contributed by atoms with Crippen LogP contribution in [0.5, 0.6) is 0 Å². The molecule has 0 aromatic heterocycles. The number of rotatable bonds is 7. The lowest BCUT2D eigenvalue weighted by Crippen LogP contribution is -2.31. The number of ketones is 1. The van der Waals surface area contributed by atoms with Gasteiger partial charge in [0.25, 0.3) is 0 Å². The molecule has 100 valence electrons. The van der Waals surface area contributed by atoms with Gasteiger partial charge in [-0.05, 0) is 30.4 Å². The van der Waals surface area contributed by atoms with E-state index in [1.54, 1.807) is 7.11 Å². The van der Waals surface area contributed by atoms with Gasteiger partial charge in [-0.15, -0.1) is 0 Å². The first kappa shape index (κ1) is 14.9. The third-order valence-corrected chi connectivity index (χ3v) is 2.83. The van der Waals surface area contributed by atoms with Crippen molar-refractivity contribution in [2.45, 2.75) is 32.7 Å². The molecule has 0 aliphatic heterocycles. The number of nitrogens with two attached hydrogens (primary N) is 1. The Kier molecular flexibility index (Phi) is 6.02. The molecular formula is C15H23NO2. The fraction of sp³-hybridized carbons (Fsp3) is 0.533. The minimum Gasteiger partial charge on any atom is -0.385 e. The maximum Gasteiger partial charge on any atom is 0.179 e. The summed E-state index contributed by atoms with van der Waals surface area (Å²) in [7, 11) is 1.61. The van der Waals surface area contributed by atoms with E-state index in [9.17, 15) is 4.79 Å². The molecule has 0 aliphatic rings. The van der Waals surface area contributed by atoms with Crippen LogP contribution in [-0.2, 0) is 11.2 Å². The topological polar surface area (TPSA) is 52.3 Å². The van der Waals surface area contributed by atoms with E-state index in [-0.39, 0.29) is 5.78 Å². The van der Waals surface area contributed by atoms with Crippen LogP contribution in [0, 0.1) is 5.92 Å². The minimum atomic E-state index is -0.473. The SMILES string of the molecule is COCCC(N)C(=O)c1cccc(CC(C)C)c1. The molecule has 1 aromatic carbocycles. The highest BCUT2D eigenvalue weighted by Crippen LogP contribution is 2.12. The molecule has 1 rings (SSSR count). The standard InChI is InChI=1S/C15H23NO2/c1-11(2)9-12-5-4-6-13(10-12)15(17)14(16)7-8-18-3/h4-6,10-11,14H,7-9,16H2,1-3H3. The summed E-state index contributed by atoms with van der Waals surface area (Å²) in [4.78, 5) is 12.1. The van der Waals surface area contributed by atoms with Crippen molar-refractivity contribution >= 4 is 5.78 Å². The van der Waals surface area contributed by atoms with Crippen LogP contribution < -0.4 is 5.73 Å². The molecule has 0 aliphatic carbocycles. The molecule has 3 nitrogen and oxygen atoms in total. The predicted octanol–water partition coefficient (Wildman–Crippen LogP) is 2.43. The third-order valence-electron chi connectivity index (χ3n) is 2.83. The number of Topliss-reactive ketones (excluding diaryl/α,β-unsaturated/α-hetero) is 1. The highest BCUT2D eigenvalue weighted by Gasteiger charge is 2.15. The Morgan fingerprint density at radius 2 is 2.11 bits per heavy atom. The Hall–Kier alpha value is -1.19. The molecule has 0 amide bonds. The summed E-state index contributed by atoms with van der Waals surface area (Å²) < 4.78 is 4.94. The van der Waals surface area contributed by atoms with Gasteiger partial charge in [0.15, 0.2) is 5.78 Å². The number of methoxy groups -OCH3 is 1. The molecule has 0 saturated heterocycles. The summed E-state index contributed by atoms with van der Waals surface area (Å²) in [5.41, 5.74) is 7.75. The van der Waals surface area contributed by atoms with Crippen molar-refractivity contribution in [3.05, 3.63) is 35.4 Å². The molecule has 1 atom stereocenters. The fourth-order valence-corrected chi connectivity index (χ4v) is 1.91. The van der Waals surface area contributed by atoms with Crippen LogP contribution in [0.4, 0.5) is 0 Å². The van der Waals surface area contributed by atoms with Gasteiger partial charge in [-0.3, -0.25) is 4.79 Å². The first-order valence-corrected chi connectivity index (χ1v) is 6.42. The van der Waals surface area contributed by atoms with E-state index >= 15 is 0 Å². The van der Waals surface area contributed by atoms with Crippen LogP contribution in [0.25, 0.3) is 0 Å². The monoisotopic (exact) mass is 249 g/mol. The highest BCUT2D eigenvalue weighted by atomic mass is 16.5. The number of carbonyl (C=O) groups is 1. The molecule has 1 aromatic rings. The van der Waals surface area contributed by atoms with Crippen molar-refractivity contribution in [3.8, 4) is 0 Å². The maximum absolute atomic E-state index is 12.1. The number of ether oxygens (including phenoxy) is 1. The summed E-state index contributed by atoms with van der Waals surface area (Å²) >= 11 is 0. The van der Waals surface area contributed by atoms with E-state index in [1.165, 1.54) is 5.56 Å². The number of carbonyl (C=O) groups excluding carboxylic acids is 1. The van der Waals surface area contributed by atoms with Gasteiger partial charge >= 0.3 is 0 Å². The average molecular weight is 249 g/mol.